The molecule has 4 heterocycles. The van der Waals surface area contributed by atoms with Gasteiger partial charge < -0.3 is 20.3 Å². The maximum Gasteiger partial charge on any atom is 0.251 e. The van der Waals surface area contributed by atoms with Gasteiger partial charge >= 0.3 is 0 Å². The number of nitrogens with one attached hydrogen (secondary N) is 2. The largest absolute Gasteiger partial charge is 0.379 e. The summed E-state index contributed by atoms with van der Waals surface area (Å²) in [6.07, 6.45) is 5.07. The quantitative estimate of drug-likeness (QED) is 0.692. The van der Waals surface area contributed by atoms with Crippen molar-refractivity contribution < 1.29 is 14.3 Å². The number of carbonyl (C=O) groups excluding carboxylic acids is 2. The average molecular weight is 450 g/mol. The van der Waals surface area contributed by atoms with E-state index in [1.807, 2.05) is 35.2 Å². The Bertz CT molecular complexity index is 1000. The second-order valence-corrected chi connectivity index (χ2v) is 9.03. The first kappa shape index (κ1) is 22.0. The van der Waals surface area contributed by atoms with Gasteiger partial charge in [-0.3, -0.25) is 19.5 Å². The minimum atomic E-state index is -0.506. The Morgan fingerprint density at radius 3 is 2.76 bits per heavy atom. The fourth-order valence-corrected chi connectivity index (χ4v) is 5.21. The second kappa shape index (κ2) is 9.59. The van der Waals surface area contributed by atoms with Crippen LogP contribution in [0.3, 0.4) is 0 Å². The number of benzene rings is 1. The van der Waals surface area contributed by atoms with Crippen LogP contribution in [-0.4, -0.2) is 74.2 Å². The number of carbonyl (C=O) groups is 2. The summed E-state index contributed by atoms with van der Waals surface area (Å²) in [6, 6.07) is 9.63. The number of fused-ring (bicyclic) bond motifs is 2. The lowest BCUT2D eigenvalue weighted by molar-refractivity contribution is -0.124. The van der Waals surface area contributed by atoms with E-state index in [0.29, 0.717) is 18.7 Å². The van der Waals surface area contributed by atoms with E-state index in [4.69, 9.17) is 4.74 Å². The number of morpholine rings is 1. The number of amides is 2. The standard InChI is InChI=1S/C25H31N5O3/c31-23(28-10-11-29-12-14-33-15-13-29)20-3-4-21-22(16-20)30(18-19-2-1-7-27-17-19)24(32)25(21)5-8-26-9-6-25/h1-4,7,16-17,26H,5-6,8-15,18H2,(H,28,31). The number of pyridine rings is 1. The number of ether oxygens (including phenoxy) is 1. The Hall–Kier alpha value is -2.81. The topological polar surface area (TPSA) is 86.8 Å². The van der Waals surface area contributed by atoms with Crippen LogP contribution >= 0.6 is 0 Å². The van der Waals surface area contributed by atoms with Gasteiger partial charge in [-0.05, 0) is 55.3 Å². The number of aromatic nitrogens is 1. The van der Waals surface area contributed by atoms with Crippen LogP contribution in [0.2, 0.25) is 0 Å². The highest BCUT2D eigenvalue weighted by molar-refractivity contribution is 6.09. The molecule has 8 heteroatoms. The smallest absolute Gasteiger partial charge is 0.251 e. The Morgan fingerprint density at radius 1 is 1.18 bits per heavy atom. The van der Waals surface area contributed by atoms with Gasteiger partial charge in [-0.25, -0.2) is 0 Å². The molecule has 1 spiro atoms. The highest BCUT2D eigenvalue weighted by atomic mass is 16.5. The van der Waals surface area contributed by atoms with Gasteiger partial charge in [0.15, 0.2) is 0 Å². The maximum atomic E-state index is 13.7. The molecule has 1 aromatic carbocycles. The maximum absolute atomic E-state index is 13.7. The van der Waals surface area contributed by atoms with E-state index in [2.05, 4.69) is 20.5 Å². The third kappa shape index (κ3) is 4.38. The SMILES string of the molecule is O=C(NCCN1CCOCC1)c1ccc2c(c1)N(Cc1cccnc1)C(=O)C21CCNCC1. The van der Waals surface area contributed by atoms with Gasteiger partial charge in [0, 0.05) is 49.8 Å². The first-order valence-electron chi connectivity index (χ1n) is 11.8. The van der Waals surface area contributed by atoms with E-state index in [9.17, 15) is 9.59 Å². The number of hydrogen-bond donors (Lipinski definition) is 2. The highest BCUT2D eigenvalue weighted by Crippen LogP contribution is 2.47. The van der Waals surface area contributed by atoms with Gasteiger partial charge in [0.1, 0.15) is 0 Å². The molecule has 0 atom stereocenters. The lowest BCUT2D eigenvalue weighted by atomic mass is 9.74. The zero-order chi connectivity index (χ0) is 22.7. The lowest BCUT2D eigenvalue weighted by Crippen LogP contribution is -2.47. The number of hydrogen-bond acceptors (Lipinski definition) is 6. The van der Waals surface area contributed by atoms with Crippen LogP contribution in [0.15, 0.2) is 42.7 Å². The van der Waals surface area contributed by atoms with Crippen LogP contribution in [0.1, 0.15) is 34.3 Å². The van der Waals surface area contributed by atoms with Crippen LogP contribution in [0, 0.1) is 0 Å². The van der Waals surface area contributed by atoms with Gasteiger partial charge in [0.25, 0.3) is 5.91 Å². The molecule has 5 rings (SSSR count). The molecular weight excluding hydrogens is 418 g/mol. The molecule has 0 aliphatic carbocycles. The van der Waals surface area contributed by atoms with Crippen molar-refractivity contribution in [2.24, 2.45) is 0 Å². The molecule has 33 heavy (non-hydrogen) atoms. The van der Waals surface area contributed by atoms with Crippen molar-refractivity contribution in [3.8, 4) is 0 Å². The molecule has 2 saturated heterocycles. The fourth-order valence-electron chi connectivity index (χ4n) is 5.21. The zero-order valence-electron chi connectivity index (χ0n) is 18.9. The summed E-state index contributed by atoms with van der Waals surface area (Å²) < 4.78 is 5.38. The Balaban J connectivity index is 1.37. The minimum Gasteiger partial charge on any atom is -0.379 e. The first-order chi connectivity index (χ1) is 16.2. The monoisotopic (exact) mass is 449 g/mol. The molecule has 3 aliphatic rings. The molecule has 0 saturated carbocycles. The number of rotatable bonds is 6. The molecule has 2 fully saturated rings. The highest BCUT2D eigenvalue weighted by Gasteiger charge is 2.51. The average Bonchev–Trinajstić information content (AvgIpc) is 3.08. The van der Waals surface area contributed by atoms with Crippen molar-refractivity contribution in [1.29, 1.82) is 0 Å². The molecule has 0 unspecified atom stereocenters. The van der Waals surface area contributed by atoms with Crippen LogP contribution < -0.4 is 15.5 Å². The predicted octanol–water partition coefficient (Wildman–Crippen LogP) is 1.31. The first-order valence-corrected chi connectivity index (χ1v) is 11.8. The molecule has 2 N–H and O–H groups in total. The van der Waals surface area contributed by atoms with Crippen molar-refractivity contribution >= 4 is 17.5 Å². The van der Waals surface area contributed by atoms with E-state index in [0.717, 1.165) is 75.6 Å². The number of anilines is 1. The van der Waals surface area contributed by atoms with Crippen LogP contribution in [0.5, 0.6) is 0 Å². The van der Waals surface area contributed by atoms with E-state index >= 15 is 0 Å². The van der Waals surface area contributed by atoms with Crippen molar-refractivity contribution in [2.75, 3.05) is 57.4 Å². The summed E-state index contributed by atoms with van der Waals surface area (Å²) in [5.41, 5.74) is 2.96. The number of nitrogens with zero attached hydrogens (tertiary/aromatic N) is 3. The van der Waals surface area contributed by atoms with Gasteiger partial charge in [-0.1, -0.05) is 12.1 Å². The Kier molecular flexibility index (Phi) is 6.39. The molecule has 0 bridgehead atoms. The second-order valence-electron chi connectivity index (χ2n) is 9.03. The summed E-state index contributed by atoms with van der Waals surface area (Å²) in [7, 11) is 0. The third-order valence-electron chi connectivity index (χ3n) is 7.06. The molecule has 2 amide bonds. The van der Waals surface area contributed by atoms with E-state index in [1.54, 1.807) is 12.4 Å². The van der Waals surface area contributed by atoms with Gasteiger partial charge in [0.05, 0.1) is 25.2 Å². The van der Waals surface area contributed by atoms with E-state index in [-0.39, 0.29) is 11.8 Å². The number of piperidine rings is 1. The normalized spacial score (nSPS) is 20.1. The molecule has 1 aromatic heterocycles. The van der Waals surface area contributed by atoms with Gasteiger partial charge in [-0.15, -0.1) is 0 Å². The van der Waals surface area contributed by atoms with Gasteiger partial charge in [-0.2, -0.15) is 0 Å². The predicted molar refractivity (Wildman–Crippen MR) is 125 cm³/mol. The summed E-state index contributed by atoms with van der Waals surface area (Å²) >= 11 is 0. The Labute approximate surface area is 194 Å². The lowest BCUT2D eigenvalue weighted by Gasteiger charge is -2.33. The van der Waals surface area contributed by atoms with Crippen molar-refractivity contribution in [3.05, 3.63) is 59.4 Å². The van der Waals surface area contributed by atoms with Crippen molar-refractivity contribution in [2.45, 2.75) is 24.8 Å². The van der Waals surface area contributed by atoms with Crippen molar-refractivity contribution in [1.82, 2.24) is 20.5 Å². The molecule has 8 nitrogen and oxygen atoms in total. The minimum absolute atomic E-state index is 0.105. The van der Waals surface area contributed by atoms with Crippen molar-refractivity contribution in [3.63, 3.8) is 0 Å². The van der Waals surface area contributed by atoms with E-state index < -0.39 is 5.41 Å². The van der Waals surface area contributed by atoms with Crippen LogP contribution in [0.4, 0.5) is 5.69 Å². The molecule has 174 valence electrons. The van der Waals surface area contributed by atoms with Crippen LogP contribution in [0.25, 0.3) is 0 Å². The third-order valence-corrected chi connectivity index (χ3v) is 7.06. The summed E-state index contributed by atoms with van der Waals surface area (Å²) in [6.45, 7) is 6.77. The molecule has 3 aliphatic heterocycles. The summed E-state index contributed by atoms with van der Waals surface area (Å²) in [5, 5.41) is 6.41. The summed E-state index contributed by atoms with van der Waals surface area (Å²) in [5.74, 6) is 0.0267. The fraction of sp³-hybridized carbons (Fsp3) is 0.480. The molecule has 2 aromatic rings. The molecule has 0 radical (unpaired) electrons. The zero-order valence-corrected chi connectivity index (χ0v) is 18.9. The Morgan fingerprint density at radius 2 is 2.00 bits per heavy atom. The molecular formula is C25H31N5O3. The van der Waals surface area contributed by atoms with E-state index in [1.165, 1.54) is 0 Å². The van der Waals surface area contributed by atoms with Crippen LogP contribution in [-0.2, 0) is 21.5 Å². The summed E-state index contributed by atoms with van der Waals surface area (Å²) in [4.78, 5) is 35.0. The van der Waals surface area contributed by atoms with Gasteiger partial charge in [0.2, 0.25) is 5.91 Å².